The maximum atomic E-state index is 11.2. The number of hydrogen-bond acceptors (Lipinski definition) is 5. The van der Waals surface area contributed by atoms with Gasteiger partial charge in [-0.25, -0.2) is 0 Å². The van der Waals surface area contributed by atoms with Crippen LogP contribution in [0.5, 0.6) is 0 Å². The number of carbonyl (C=O) groups is 2. The second-order valence-corrected chi connectivity index (χ2v) is 4.24. The molecular weight excluding hydrogens is 188 g/mol. The summed E-state index contributed by atoms with van der Waals surface area (Å²) >= 11 is 0. The highest BCUT2D eigenvalue weighted by Crippen LogP contribution is 2.54. The number of hydrogen-bond donors (Lipinski definition) is 0. The minimum absolute atomic E-state index is 0.171. The third-order valence-electron chi connectivity index (χ3n) is 3.21. The van der Waals surface area contributed by atoms with Gasteiger partial charge in [-0.1, -0.05) is 0 Å². The van der Waals surface area contributed by atoms with Crippen molar-refractivity contribution >= 4 is 11.9 Å². The standard InChI is InChI=1S/C9H10O5/c1-8(4-12-8)9-5(2-6(10)13-9)3-7(11)14-9/h5H,2-4H2,1H3/t5?,8-,9?/m0/s1. The van der Waals surface area contributed by atoms with Crippen LogP contribution in [0, 0.1) is 5.92 Å². The third kappa shape index (κ3) is 0.785. The first kappa shape index (κ1) is 8.23. The highest BCUT2D eigenvalue weighted by molar-refractivity contribution is 5.80. The smallest absolute Gasteiger partial charge is 0.309 e. The molecule has 0 saturated carbocycles. The van der Waals surface area contributed by atoms with Crippen molar-refractivity contribution in [2.75, 3.05) is 6.61 Å². The molecule has 0 radical (unpaired) electrons. The second-order valence-electron chi connectivity index (χ2n) is 4.24. The van der Waals surface area contributed by atoms with E-state index in [2.05, 4.69) is 0 Å². The Hall–Kier alpha value is -1.10. The average Bonchev–Trinajstić information content (AvgIpc) is 2.63. The van der Waals surface area contributed by atoms with Crippen molar-refractivity contribution in [3.8, 4) is 0 Å². The Morgan fingerprint density at radius 3 is 2.14 bits per heavy atom. The first-order chi connectivity index (χ1) is 6.56. The van der Waals surface area contributed by atoms with Gasteiger partial charge in [-0.05, 0) is 6.92 Å². The van der Waals surface area contributed by atoms with Crippen LogP contribution in [0.3, 0.4) is 0 Å². The molecule has 0 aromatic carbocycles. The summed E-state index contributed by atoms with van der Waals surface area (Å²) in [6.45, 7) is 2.28. The van der Waals surface area contributed by atoms with Crippen molar-refractivity contribution < 1.29 is 23.8 Å². The molecule has 3 aliphatic rings. The second kappa shape index (κ2) is 2.11. The quantitative estimate of drug-likeness (QED) is 0.437. The van der Waals surface area contributed by atoms with Crippen LogP contribution in [0.2, 0.25) is 0 Å². The maximum Gasteiger partial charge on any atom is 0.309 e. The van der Waals surface area contributed by atoms with Crippen LogP contribution in [-0.2, 0) is 23.8 Å². The predicted molar refractivity (Wildman–Crippen MR) is 42.0 cm³/mol. The van der Waals surface area contributed by atoms with Crippen LogP contribution in [0.1, 0.15) is 19.8 Å². The van der Waals surface area contributed by atoms with Gasteiger partial charge in [-0.2, -0.15) is 0 Å². The summed E-state index contributed by atoms with van der Waals surface area (Å²) in [5.74, 6) is -1.91. The Balaban J connectivity index is 2.01. The molecule has 1 atom stereocenters. The predicted octanol–water partition coefficient (Wildman–Crippen LogP) is -0.0184. The van der Waals surface area contributed by atoms with Crippen molar-refractivity contribution in [1.82, 2.24) is 0 Å². The molecular formula is C9H10O5. The highest BCUT2D eigenvalue weighted by Gasteiger charge is 2.73. The minimum atomic E-state index is -1.12. The monoisotopic (exact) mass is 198 g/mol. The van der Waals surface area contributed by atoms with E-state index >= 15 is 0 Å². The van der Waals surface area contributed by atoms with Crippen molar-refractivity contribution in [3.05, 3.63) is 0 Å². The lowest BCUT2D eigenvalue weighted by Crippen LogP contribution is -2.47. The van der Waals surface area contributed by atoms with Crippen LogP contribution >= 0.6 is 0 Å². The van der Waals surface area contributed by atoms with E-state index in [0.29, 0.717) is 6.61 Å². The zero-order chi connectivity index (χ0) is 9.97. The number of epoxide rings is 1. The van der Waals surface area contributed by atoms with Crippen LogP contribution in [-0.4, -0.2) is 29.9 Å². The van der Waals surface area contributed by atoms with Gasteiger partial charge in [0.2, 0.25) is 0 Å². The Kier molecular flexibility index (Phi) is 1.24. The molecule has 0 aliphatic carbocycles. The Bertz CT molecular complexity index is 310. The summed E-state index contributed by atoms with van der Waals surface area (Å²) in [6.07, 6.45) is 0.509. The van der Waals surface area contributed by atoms with E-state index in [1.807, 2.05) is 0 Å². The molecule has 76 valence electrons. The topological polar surface area (TPSA) is 65.1 Å². The van der Waals surface area contributed by atoms with Crippen molar-refractivity contribution in [2.45, 2.75) is 31.2 Å². The lowest BCUT2D eigenvalue weighted by Gasteiger charge is -2.29. The molecule has 0 amide bonds. The fourth-order valence-electron chi connectivity index (χ4n) is 2.31. The van der Waals surface area contributed by atoms with Gasteiger partial charge in [-0.3, -0.25) is 9.59 Å². The molecule has 0 N–H and O–H groups in total. The summed E-state index contributed by atoms with van der Waals surface area (Å²) in [6, 6.07) is 0. The highest BCUT2D eigenvalue weighted by atomic mass is 16.8. The van der Waals surface area contributed by atoms with E-state index in [9.17, 15) is 9.59 Å². The van der Waals surface area contributed by atoms with Gasteiger partial charge >= 0.3 is 11.9 Å². The third-order valence-corrected chi connectivity index (χ3v) is 3.21. The average molecular weight is 198 g/mol. The van der Waals surface area contributed by atoms with E-state index in [1.165, 1.54) is 0 Å². The molecule has 3 rings (SSSR count). The number of fused-ring (bicyclic) bond motifs is 1. The molecule has 3 fully saturated rings. The van der Waals surface area contributed by atoms with Crippen LogP contribution in [0.4, 0.5) is 0 Å². The van der Waals surface area contributed by atoms with Crippen molar-refractivity contribution in [1.29, 1.82) is 0 Å². The van der Waals surface area contributed by atoms with Gasteiger partial charge in [0.15, 0.2) is 5.60 Å². The van der Waals surface area contributed by atoms with E-state index in [4.69, 9.17) is 14.2 Å². The molecule has 3 aliphatic heterocycles. The van der Waals surface area contributed by atoms with Gasteiger partial charge in [0, 0.05) is 0 Å². The van der Waals surface area contributed by atoms with Crippen molar-refractivity contribution in [3.63, 3.8) is 0 Å². The van der Waals surface area contributed by atoms with Gasteiger partial charge in [0.05, 0.1) is 25.4 Å². The molecule has 5 nitrogen and oxygen atoms in total. The number of esters is 2. The summed E-state index contributed by atoms with van der Waals surface area (Å²) in [5, 5.41) is 0. The van der Waals surface area contributed by atoms with Crippen LogP contribution in [0.15, 0.2) is 0 Å². The van der Waals surface area contributed by atoms with Crippen LogP contribution in [0.25, 0.3) is 0 Å². The summed E-state index contributed by atoms with van der Waals surface area (Å²) in [7, 11) is 0. The lowest BCUT2D eigenvalue weighted by molar-refractivity contribution is -0.227. The minimum Gasteiger partial charge on any atom is -0.419 e. The molecule has 0 aromatic heterocycles. The Morgan fingerprint density at radius 2 is 1.71 bits per heavy atom. The number of carbonyl (C=O) groups excluding carboxylic acids is 2. The zero-order valence-corrected chi connectivity index (χ0v) is 7.74. The van der Waals surface area contributed by atoms with E-state index in [0.717, 1.165) is 0 Å². The first-order valence-electron chi connectivity index (χ1n) is 4.63. The molecule has 0 spiro atoms. The maximum absolute atomic E-state index is 11.2. The molecule has 5 heteroatoms. The SMILES string of the molecule is C[C@@]1(C23OC(=O)CC2CC(=O)O3)CO1. The van der Waals surface area contributed by atoms with Crippen molar-refractivity contribution in [2.24, 2.45) is 5.92 Å². The molecule has 0 bridgehead atoms. The van der Waals surface area contributed by atoms with Gasteiger partial charge in [0.1, 0.15) is 0 Å². The number of rotatable bonds is 1. The summed E-state index contributed by atoms with van der Waals surface area (Å²) in [5.41, 5.74) is -0.615. The normalized spacial score (nSPS) is 49.9. The van der Waals surface area contributed by atoms with E-state index in [-0.39, 0.29) is 30.7 Å². The molecule has 0 aromatic rings. The van der Waals surface area contributed by atoms with E-state index < -0.39 is 11.4 Å². The summed E-state index contributed by atoms with van der Waals surface area (Å²) in [4.78, 5) is 22.3. The molecule has 0 unspecified atom stereocenters. The molecule has 3 saturated heterocycles. The molecule has 14 heavy (non-hydrogen) atoms. The Labute approximate surface area is 80.3 Å². The van der Waals surface area contributed by atoms with Gasteiger partial charge in [-0.15, -0.1) is 0 Å². The fraction of sp³-hybridized carbons (Fsp3) is 0.778. The van der Waals surface area contributed by atoms with Crippen LogP contribution < -0.4 is 0 Å². The number of ether oxygens (including phenoxy) is 3. The summed E-state index contributed by atoms with van der Waals surface area (Å²) < 4.78 is 15.6. The van der Waals surface area contributed by atoms with E-state index in [1.54, 1.807) is 6.92 Å². The van der Waals surface area contributed by atoms with Gasteiger partial charge < -0.3 is 14.2 Å². The Morgan fingerprint density at radius 1 is 1.21 bits per heavy atom. The van der Waals surface area contributed by atoms with Gasteiger partial charge in [0.25, 0.3) is 5.79 Å². The first-order valence-corrected chi connectivity index (χ1v) is 4.63. The molecule has 3 heterocycles. The zero-order valence-electron chi connectivity index (χ0n) is 7.74. The largest absolute Gasteiger partial charge is 0.419 e. The lowest BCUT2D eigenvalue weighted by atomic mass is 9.88. The fourth-order valence-corrected chi connectivity index (χ4v) is 2.31.